The molecule has 2 N–H and O–H groups in total. The van der Waals surface area contributed by atoms with Crippen molar-refractivity contribution in [2.45, 2.75) is 6.92 Å². The maximum absolute atomic E-state index is 12.2. The maximum atomic E-state index is 12.2. The molecule has 4 nitrogen and oxygen atoms in total. The van der Waals surface area contributed by atoms with Crippen LogP contribution in [0.5, 0.6) is 0 Å². The molecular weight excluding hydrogens is 447 g/mol. The summed E-state index contributed by atoms with van der Waals surface area (Å²) in [5.74, 6) is -0.418. The number of benzene rings is 2. The summed E-state index contributed by atoms with van der Waals surface area (Å²) in [5, 5.41) is 5.50. The summed E-state index contributed by atoms with van der Waals surface area (Å²) < 4.78 is 1.88. The lowest BCUT2D eigenvalue weighted by molar-refractivity contribution is -0.114. The SMILES string of the molecule is CC(=O)Nc1ccc(Br)cc1NC(=O)c1ccc(I)cc1. The molecule has 0 fully saturated rings. The molecule has 2 rings (SSSR count). The quantitative estimate of drug-likeness (QED) is 0.675. The third-order valence-electron chi connectivity index (χ3n) is 2.65. The number of carbonyl (C=O) groups is 2. The Morgan fingerprint density at radius 2 is 1.67 bits per heavy atom. The third kappa shape index (κ3) is 4.53. The molecule has 2 amide bonds. The molecule has 6 heteroatoms. The van der Waals surface area contributed by atoms with Crippen LogP contribution in [0.1, 0.15) is 17.3 Å². The van der Waals surface area contributed by atoms with Crippen molar-refractivity contribution in [3.05, 3.63) is 56.1 Å². The zero-order chi connectivity index (χ0) is 15.4. The Kier molecular flexibility index (Phi) is 5.35. The minimum Gasteiger partial charge on any atom is -0.325 e. The van der Waals surface area contributed by atoms with Gasteiger partial charge < -0.3 is 10.6 Å². The van der Waals surface area contributed by atoms with Gasteiger partial charge in [0.2, 0.25) is 5.91 Å². The van der Waals surface area contributed by atoms with Crippen molar-refractivity contribution in [1.29, 1.82) is 0 Å². The van der Waals surface area contributed by atoms with E-state index >= 15 is 0 Å². The Hall–Kier alpha value is -1.41. The highest BCUT2D eigenvalue weighted by Gasteiger charge is 2.10. The normalized spacial score (nSPS) is 10.0. The summed E-state index contributed by atoms with van der Waals surface area (Å²) in [5.41, 5.74) is 1.66. The smallest absolute Gasteiger partial charge is 0.255 e. The van der Waals surface area contributed by atoms with Crippen LogP contribution < -0.4 is 10.6 Å². The van der Waals surface area contributed by atoms with Crippen LogP contribution in [0.15, 0.2) is 46.9 Å². The predicted octanol–water partition coefficient (Wildman–Crippen LogP) is 4.26. The second kappa shape index (κ2) is 7.04. The molecule has 0 saturated heterocycles. The maximum Gasteiger partial charge on any atom is 0.255 e. The van der Waals surface area contributed by atoms with Gasteiger partial charge in [0.05, 0.1) is 11.4 Å². The summed E-state index contributed by atoms with van der Waals surface area (Å²) in [7, 11) is 0. The predicted molar refractivity (Wildman–Crippen MR) is 95.6 cm³/mol. The fourth-order valence-corrected chi connectivity index (χ4v) is 2.43. The van der Waals surface area contributed by atoms with Gasteiger partial charge >= 0.3 is 0 Å². The van der Waals surface area contributed by atoms with Crippen molar-refractivity contribution in [3.8, 4) is 0 Å². The zero-order valence-electron chi connectivity index (χ0n) is 11.1. The fraction of sp³-hybridized carbons (Fsp3) is 0.0667. The summed E-state index contributed by atoms with van der Waals surface area (Å²) in [6.45, 7) is 1.42. The molecule has 0 unspecified atom stereocenters. The molecule has 0 aliphatic rings. The highest BCUT2D eigenvalue weighted by Crippen LogP contribution is 2.26. The Morgan fingerprint density at radius 3 is 2.29 bits per heavy atom. The fourth-order valence-electron chi connectivity index (χ4n) is 1.71. The first-order valence-electron chi connectivity index (χ1n) is 6.10. The number of rotatable bonds is 3. The van der Waals surface area contributed by atoms with Gasteiger partial charge in [-0.25, -0.2) is 0 Å². The highest BCUT2D eigenvalue weighted by molar-refractivity contribution is 14.1. The van der Waals surface area contributed by atoms with Crippen LogP contribution in [0.2, 0.25) is 0 Å². The van der Waals surface area contributed by atoms with Crippen molar-refractivity contribution in [1.82, 2.24) is 0 Å². The van der Waals surface area contributed by atoms with Gasteiger partial charge in [0.15, 0.2) is 0 Å². The average Bonchev–Trinajstić information content (AvgIpc) is 2.42. The first-order valence-corrected chi connectivity index (χ1v) is 7.97. The molecule has 0 atom stereocenters. The number of carbonyl (C=O) groups excluding carboxylic acids is 2. The molecule has 0 radical (unpaired) electrons. The molecule has 0 bridgehead atoms. The van der Waals surface area contributed by atoms with E-state index in [1.807, 2.05) is 12.1 Å². The standard InChI is InChI=1S/C15H12BrIN2O2/c1-9(20)18-13-7-4-11(16)8-14(13)19-15(21)10-2-5-12(17)6-3-10/h2-8H,1H3,(H,18,20)(H,19,21). The van der Waals surface area contributed by atoms with E-state index in [2.05, 4.69) is 49.2 Å². The summed E-state index contributed by atoms with van der Waals surface area (Å²) in [4.78, 5) is 23.4. The Balaban J connectivity index is 2.25. The van der Waals surface area contributed by atoms with Crippen molar-refractivity contribution in [2.24, 2.45) is 0 Å². The Labute approximate surface area is 144 Å². The number of amides is 2. The van der Waals surface area contributed by atoms with Crippen LogP contribution in [0, 0.1) is 3.57 Å². The van der Waals surface area contributed by atoms with E-state index in [0.717, 1.165) is 8.04 Å². The highest BCUT2D eigenvalue weighted by atomic mass is 127. The molecule has 2 aromatic carbocycles. The van der Waals surface area contributed by atoms with Crippen LogP contribution in [-0.4, -0.2) is 11.8 Å². The van der Waals surface area contributed by atoms with Gasteiger partial charge in [0.25, 0.3) is 5.91 Å². The average molecular weight is 459 g/mol. The van der Waals surface area contributed by atoms with E-state index in [9.17, 15) is 9.59 Å². The molecule has 0 aliphatic carbocycles. The van der Waals surface area contributed by atoms with E-state index in [1.165, 1.54) is 6.92 Å². The van der Waals surface area contributed by atoms with Crippen molar-refractivity contribution in [2.75, 3.05) is 10.6 Å². The summed E-state index contributed by atoms with van der Waals surface area (Å²) in [6.07, 6.45) is 0. The van der Waals surface area contributed by atoms with Gasteiger partial charge in [-0.1, -0.05) is 15.9 Å². The van der Waals surface area contributed by atoms with E-state index in [1.54, 1.807) is 30.3 Å². The van der Waals surface area contributed by atoms with Gasteiger partial charge in [0.1, 0.15) is 0 Å². The number of nitrogens with one attached hydrogen (secondary N) is 2. The van der Waals surface area contributed by atoms with Gasteiger partial charge in [-0.3, -0.25) is 9.59 Å². The molecule has 0 heterocycles. The Bertz CT molecular complexity index is 687. The van der Waals surface area contributed by atoms with Crippen LogP contribution in [0.25, 0.3) is 0 Å². The number of hydrogen-bond donors (Lipinski definition) is 2. The van der Waals surface area contributed by atoms with Crippen LogP contribution in [-0.2, 0) is 4.79 Å². The molecule has 0 spiro atoms. The van der Waals surface area contributed by atoms with Crippen molar-refractivity contribution in [3.63, 3.8) is 0 Å². The number of hydrogen-bond acceptors (Lipinski definition) is 2. The summed E-state index contributed by atoms with van der Waals surface area (Å²) in [6, 6.07) is 12.5. The number of anilines is 2. The third-order valence-corrected chi connectivity index (χ3v) is 3.86. The van der Waals surface area contributed by atoms with E-state index in [0.29, 0.717) is 16.9 Å². The first-order chi connectivity index (χ1) is 9.95. The molecular formula is C15H12BrIN2O2. The van der Waals surface area contributed by atoms with E-state index in [-0.39, 0.29) is 11.8 Å². The zero-order valence-corrected chi connectivity index (χ0v) is 14.9. The second-order valence-electron chi connectivity index (χ2n) is 4.33. The molecule has 21 heavy (non-hydrogen) atoms. The van der Waals surface area contributed by atoms with Gasteiger partial charge in [-0.05, 0) is 65.1 Å². The monoisotopic (exact) mass is 458 g/mol. The molecule has 0 aliphatic heterocycles. The minimum atomic E-state index is -0.226. The molecule has 2 aromatic rings. The van der Waals surface area contributed by atoms with E-state index < -0.39 is 0 Å². The Morgan fingerprint density at radius 1 is 1.00 bits per heavy atom. The van der Waals surface area contributed by atoms with Gasteiger partial charge in [0, 0.05) is 20.5 Å². The van der Waals surface area contributed by atoms with Crippen LogP contribution in [0.4, 0.5) is 11.4 Å². The lowest BCUT2D eigenvalue weighted by Crippen LogP contribution is -2.15. The lowest BCUT2D eigenvalue weighted by Gasteiger charge is -2.12. The first kappa shape index (κ1) is 16.0. The number of halogens is 2. The second-order valence-corrected chi connectivity index (χ2v) is 6.49. The molecule has 0 aromatic heterocycles. The summed E-state index contributed by atoms with van der Waals surface area (Å²) >= 11 is 5.53. The molecule has 108 valence electrons. The molecule has 0 saturated carbocycles. The topological polar surface area (TPSA) is 58.2 Å². The van der Waals surface area contributed by atoms with Crippen molar-refractivity contribution >= 4 is 61.7 Å². The van der Waals surface area contributed by atoms with Gasteiger partial charge in [-0.2, -0.15) is 0 Å². The van der Waals surface area contributed by atoms with Crippen LogP contribution in [0.3, 0.4) is 0 Å². The largest absolute Gasteiger partial charge is 0.325 e. The van der Waals surface area contributed by atoms with Crippen LogP contribution >= 0.6 is 38.5 Å². The van der Waals surface area contributed by atoms with E-state index in [4.69, 9.17) is 0 Å². The lowest BCUT2D eigenvalue weighted by atomic mass is 10.2. The minimum absolute atomic E-state index is 0.193. The van der Waals surface area contributed by atoms with Crippen molar-refractivity contribution < 1.29 is 9.59 Å². The van der Waals surface area contributed by atoms with Gasteiger partial charge in [-0.15, -0.1) is 0 Å².